The molecule has 0 saturated heterocycles. The number of carbonyl (C=O) groups is 2. The molecule has 3 heterocycles. The molecule has 1 aromatic carbocycles. The Morgan fingerprint density at radius 2 is 1.95 bits per heavy atom. The molecule has 1 fully saturated rings. The van der Waals surface area contributed by atoms with E-state index < -0.39 is 0 Å². The summed E-state index contributed by atoms with van der Waals surface area (Å²) in [6.45, 7) is 4.63. The molecular weight excluding hydrogens is 540 g/mol. The molecular formula is C28H31ClN4O5S. The fourth-order valence-electron chi connectivity index (χ4n) is 4.65. The van der Waals surface area contributed by atoms with E-state index in [4.69, 9.17) is 25.8 Å². The molecule has 1 aliphatic heterocycles. The highest BCUT2D eigenvalue weighted by atomic mass is 35.5. The molecule has 11 heteroatoms. The Bertz CT molecular complexity index is 1360. The van der Waals surface area contributed by atoms with Gasteiger partial charge in [0.05, 0.1) is 28.4 Å². The number of carbonyl (C=O) groups excluding carboxylic acids is 2. The van der Waals surface area contributed by atoms with Crippen molar-refractivity contribution in [3.63, 3.8) is 0 Å². The molecule has 1 amide bonds. The van der Waals surface area contributed by atoms with Crippen LogP contribution in [0.4, 0.5) is 5.69 Å². The lowest BCUT2D eigenvalue weighted by Crippen LogP contribution is -2.42. The maximum Gasteiger partial charge on any atom is 0.323 e. The number of benzene rings is 1. The largest absolute Gasteiger partial charge is 0.493 e. The Morgan fingerprint density at radius 1 is 1.21 bits per heavy atom. The molecule has 5 rings (SSSR count). The maximum absolute atomic E-state index is 13.3. The minimum absolute atomic E-state index is 0.0871. The molecule has 2 atom stereocenters. The third-order valence-corrected chi connectivity index (χ3v) is 8.28. The lowest BCUT2D eigenvalue weighted by Gasteiger charge is -2.24. The summed E-state index contributed by atoms with van der Waals surface area (Å²) >= 11 is 7.26. The van der Waals surface area contributed by atoms with Crippen LogP contribution in [0.5, 0.6) is 11.5 Å². The average molecular weight is 571 g/mol. The standard InChI is InChI=1S/C28H31ClN4O5S/c1-15(2)24(30-3)28(35)38-22(16-5-6-16)14-37-20-8-7-19(10-21(20)36-4)33-13-17-9-23(39-25(17)27(33)34)26-31-11-18(29)12-32-26/h7-12,15-16,22,24,30H,5-6,13-14H2,1-4H3/t22-,24-/m0/s1. The van der Waals surface area contributed by atoms with Crippen molar-refractivity contribution >= 4 is 40.5 Å². The zero-order valence-corrected chi connectivity index (χ0v) is 23.8. The van der Waals surface area contributed by atoms with Gasteiger partial charge in [0.25, 0.3) is 5.91 Å². The van der Waals surface area contributed by atoms with E-state index in [1.807, 2.05) is 26.0 Å². The normalized spacial score (nSPS) is 16.3. The molecule has 9 nitrogen and oxygen atoms in total. The summed E-state index contributed by atoms with van der Waals surface area (Å²) in [5.74, 6) is 1.64. The van der Waals surface area contributed by atoms with Crippen LogP contribution in [0.1, 0.15) is 41.9 Å². The molecule has 39 heavy (non-hydrogen) atoms. The summed E-state index contributed by atoms with van der Waals surface area (Å²) < 4.78 is 17.5. The number of hydrogen-bond donors (Lipinski definition) is 1. The third-order valence-electron chi connectivity index (χ3n) is 6.93. The molecule has 2 aliphatic rings. The first-order chi connectivity index (χ1) is 18.8. The van der Waals surface area contributed by atoms with Gasteiger partial charge in [0.15, 0.2) is 17.3 Å². The number of thiophene rings is 1. The Hall–Kier alpha value is -3.21. The van der Waals surface area contributed by atoms with E-state index in [-0.39, 0.29) is 36.5 Å². The fraction of sp³-hybridized carbons (Fsp3) is 0.429. The van der Waals surface area contributed by atoms with Crippen molar-refractivity contribution in [2.45, 2.75) is 45.4 Å². The number of methoxy groups -OCH3 is 1. The number of likely N-dealkylation sites (N-methyl/N-ethyl adjacent to an activating group) is 1. The van der Waals surface area contributed by atoms with Crippen molar-refractivity contribution in [3.8, 4) is 22.2 Å². The van der Waals surface area contributed by atoms with Crippen LogP contribution in [0.2, 0.25) is 5.02 Å². The maximum atomic E-state index is 13.3. The first-order valence-electron chi connectivity index (χ1n) is 12.9. The second kappa shape index (κ2) is 11.5. The van der Waals surface area contributed by atoms with Crippen LogP contribution in [0.3, 0.4) is 0 Å². The Kier molecular flexibility index (Phi) is 8.06. The van der Waals surface area contributed by atoms with Gasteiger partial charge in [-0.05, 0) is 55.5 Å². The number of ether oxygens (including phenoxy) is 3. The average Bonchev–Trinajstić information content (AvgIpc) is 3.61. The van der Waals surface area contributed by atoms with Crippen molar-refractivity contribution < 1.29 is 23.8 Å². The monoisotopic (exact) mass is 570 g/mol. The molecule has 0 bridgehead atoms. The molecule has 0 spiro atoms. The molecule has 1 aliphatic carbocycles. The van der Waals surface area contributed by atoms with Gasteiger partial charge in [-0.2, -0.15) is 0 Å². The highest BCUT2D eigenvalue weighted by molar-refractivity contribution is 7.17. The van der Waals surface area contributed by atoms with E-state index >= 15 is 0 Å². The van der Waals surface area contributed by atoms with Crippen LogP contribution in [0.25, 0.3) is 10.7 Å². The first kappa shape index (κ1) is 27.4. The van der Waals surface area contributed by atoms with Gasteiger partial charge in [-0.3, -0.25) is 9.59 Å². The Balaban J connectivity index is 1.26. The predicted molar refractivity (Wildman–Crippen MR) is 150 cm³/mol. The molecule has 0 unspecified atom stereocenters. The lowest BCUT2D eigenvalue weighted by atomic mass is 10.1. The zero-order valence-electron chi connectivity index (χ0n) is 22.3. The second-order valence-electron chi connectivity index (χ2n) is 10.1. The summed E-state index contributed by atoms with van der Waals surface area (Å²) in [6.07, 6.45) is 4.78. The smallest absolute Gasteiger partial charge is 0.323 e. The number of fused-ring (bicyclic) bond motifs is 1. The van der Waals surface area contributed by atoms with Crippen LogP contribution in [0, 0.1) is 11.8 Å². The molecule has 3 aromatic rings. The van der Waals surface area contributed by atoms with Gasteiger partial charge in [0.1, 0.15) is 18.8 Å². The third kappa shape index (κ3) is 5.88. The highest BCUT2D eigenvalue weighted by Gasteiger charge is 2.37. The zero-order chi connectivity index (χ0) is 27.7. The van der Waals surface area contributed by atoms with E-state index in [0.29, 0.717) is 45.4 Å². The minimum Gasteiger partial charge on any atom is -0.493 e. The molecule has 206 valence electrons. The van der Waals surface area contributed by atoms with Crippen LogP contribution in [0.15, 0.2) is 36.7 Å². The van der Waals surface area contributed by atoms with E-state index in [2.05, 4.69) is 15.3 Å². The molecule has 1 N–H and O–H groups in total. The predicted octanol–water partition coefficient (Wildman–Crippen LogP) is 4.97. The summed E-state index contributed by atoms with van der Waals surface area (Å²) in [6, 6.07) is 7.00. The summed E-state index contributed by atoms with van der Waals surface area (Å²) in [5.41, 5.74) is 1.63. The van der Waals surface area contributed by atoms with Gasteiger partial charge in [-0.15, -0.1) is 11.3 Å². The SMILES string of the molecule is CN[C@H](C(=O)O[C@@H](COc1ccc(N2Cc3cc(-c4ncc(Cl)cn4)sc3C2=O)cc1OC)C1CC1)C(C)C. The van der Waals surface area contributed by atoms with Crippen molar-refractivity contribution in [3.05, 3.63) is 52.1 Å². The highest BCUT2D eigenvalue weighted by Crippen LogP contribution is 2.40. The van der Waals surface area contributed by atoms with Gasteiger partial charge in [-0.1, -0.05) is 25.4 Å². The van der Waals surface area contributed by atoms with Crippen molar-refractivity contribution in [1.29, 1.82) is 0 Å². The van der Waals surface area contributed by atoms with Crippen LogP contribution in [-0.2, 0) is 16.1 Å². The van der Waals surface area contributed by atoms with E-state index in [0.717, 1.165) is 23.3 Å². The quantitative estimate of drug-likeness (QED) is 0.322. The number of halogens is 1. The van der Waals surface area contributed by atoms with Crippen molar-refractivity contribution in [1.82, 2.24) is 15.3 Å². The minimum atomic E-state index is -0.365. The number of esters is 1. The number of aromatic nitrogens is 2. The van der Waals surface area contributed by atoms with E-state index in [1.54, 1.807) is 43.6 Å². The fourth-order valence-corrected chi connectivity index (χ4v) is 5.81. The number of rotatable bonds is 11. The topological polar surface area (TPSA) is 103 Å². The van der Waals surface area contributed by atoms with Crippen LogP contribution in [-0.4, -0.2) is 54.8 Å². The molecule has 1 saturated carbocycles. The first-order valence-corrected chi connectivity index (χ1v) is 14.1. The number of nitrogens with zero attached hydrogens (tertiary/aromatic N) is 3. The van der Waals surface area contributed by atoms with Gasteiger partial charge in [-0.25, -0.2) is 9.97 Å². The van der Waals surface area contributed by atoms with E-state index in [9.17, 15) is 9.59 Å². The van der Waals surface area contributed by atoms with Gasteiger partial charge in [0, 0.05) is 24.1 Å². The summed E-state index contributed by atoms with van der Waals surface area (Å²) in [5, 5.41) is 3.50. The van der Waals surface area contributed by atoms with Crippen molar-refractivity contribution in [2.75, 3.05) is 25.7 Å². The number of nitrogens with one attached hydrogen (secondary N) is 1. The van der Waals surface area contributed by atoms with Crippen LogP contribution >= 0.6 is 22.9 Å². The number of amides is 1. The lowest BCUT2D eigenvalue weighted by molar-refractivity contribution is -0.155. The Labute approximate surface area is 236 Å². The molecule has 2 aromatic heterocycles. The summed E-state index contributed by atoms with van der Waals surface area (Å²) in [7, 11) is 3.32. The molecule has 0 radical (unpaired) electrons. The van der Waals surface area contributed by atoms with Gasteiger partial charge >= 0.3 is 5.97 Å². The van der Waals surface area contributed by atoms with Crippen molar-refractivity contribution in [2.24, 2.45) is 11.8 Å². The Morgan fingerprint density at radius 3 is 2.56 bits per heavy atom. The summed E-state index contributed by atoms with van der Waals surface area (Å²) in [4.78, 5) is 37.7. The van der Waals surface area contributed by atoms with Gasteiger partial charge in [0.2, 0.25) is 0 Å². The second-order valence-corrected chi connectivity index (χ2v) is 11.5. The number of hydrogen-bond acceptors (Lipinski definition) is 9. The van der Waals surface area contributed by atoms with Gasteiger partial charge < -0.3 is 24.4 Å². The number of anilines is 1. The van der Waals surface area contributed by atoms with E-state index in [1.165, 1.54) is 11.3 Å². The van der Waals surface area contributed by atoms with Crippen LogP contribution < -0.4 is 19.7 Å².